The third-order valence-electron chi connectivity index (χ3n) is 6.05. The van der Waals surface area contributed by atoms with E-state index in [0.717, 1.165) is 11.1 Å². The van der Waals surface area contributed by atoms with Crippen LogP contribution in [0.2, 0.25) is 0 Å². The van der Waals surface area contributed by atoms with Crippen LogP contribution in [-0.4, -0.2) is 25.9 Å². The van der Waals surface area contributed by atoms with E-state index < -0.39 is 18.0 Å². The zero-order valence-electron chi connectivity index (χ0n) is 20.4. The lowest BCUT2D eigenvalue weighted by Crippen LogP contribution is -2.45. The minimum absolute atomic E-state index is 0.0303. The Morgan fingerprint density at radius 2 is 1.76 bits per heavy atom. The molecule has 2 amide bonds. The van der Waals surface area contributed by atoms with Gasteiger partial charge < -0.3 is 34.3 Å². The molecule has 37 heavy (non-hydrogen) atoms. The average molecular weight is 503 g/mol. The van der Waals surface area contributed by atoms with Crippen molar-refractivity contribution in [2.24, 2.45) is 0 Å². The van der Waals surface area contributed by atoms with E-state index in [1.54, 1.807) is 43.3 Å². The van der Waals surface area contributed by atoms with Gasteiger partial charge in [-0.15, -0.1) is 0 Å². The van der Waals surface area contributed by atoms with Crippen LogP contribution in [0.25, 0.3) is 0 Å². The normalized spacial score (nSPS) is 16.1. The number of allylic oxidation sites excluding steroid dienone is 1. The molecule has 2 aliphatic rings. The fourth-order valence-corrected chi connectivity index (χ4v) is 4.19. The molecule has 3 aromatic carbocycles. The first-order valence-corrected chi connectivity index (χ1v) is 11.7. The lowest BCUT2D eigenvalue weighted by atomic mass is 9.95. The summed E-state index contributed by atoms with van der Waals surface area (Å²) >= 11 is 0. The van der Waals surface area contributed by atoms with E-state index in [9.17, 15) is 9.59 Å². The molecule has 0 spiro atoms. The van der Waals surface area contributed by atoms with Gasteiger partial charge in [0.1, 0.15) is 13.2 Å². The number of carbonyl (C=O) groups excluding carboxylic acids is 2. The minimum atomic E-state index is -0.741. The fraction of sp³-hybridized carbons (Fsp3) is 0.214. The van der Waals surface area contributed by atoms with E-state index in [0.29, 0.717) is 46.4 Å². The number of urea groups is 1. The summed E-state index contributed by atoms with van der Waals surface area (Å²) in [5, 5.41) is 5.47. The van der Waals surface area contributed by atoms with E-state index >= 15 is 0 Å². The third kappa shape index (κ3) is 5.30. The molecule has 0 radical (unpaired) electrons. The van der Waals surface area contributed by atoms with Crippen LogP contribution < -0.4 is 29.6 Å². The van der Waals surface area contributed by atoms with Gasteiger partial charge in [-0.1, -0.05) is 42.5 Å². The van der Waals surface area contributed by atoms with Crippen molar-refractivity contribution in [3.05, 3.63) is 94.7 Å². The van der Waals surface area contributed by atoms with Gasteiger partial charge in [0.15, 0.2) is 23.0 Å². The van der Waals surface area contributed by atoms with E-state index in [1.165, 1.54) is 7.11 Å². The summed E-state index contributed by atoms with van der Waals surface area (Å²) in [4.78, 5) is 25.5. The maximum Gasteiger partial charge on any atom is 0.338 e. The van der Waals surface area contributed by atoms with Crippen molar-refractivity contribution in [2.75, 3.05) is 13.9 Å². The summed E-state index contributed by atoms with van der Waals surface area (Å²) in [6.45, 7) is 2.23. The van der Waals surface area contributed by atoms with Crippen molar-refractivity contribution in [1.82, 2.24) is 10.6 Å². The Bertz CT molecular complexity index is 1350. The molecule has 9 heteroatoms. The predicted molar refractivity (Wildman–Crippen MR) is 133 cm³/mol. The zero-order chi connectivity index (χ0) is 25.8. The molecule has 2 N–H and O–H groups in total. The second-order valence-electron chi connectivity index (χ2n) is 8.52. The number of ether oxygens (including phenoxy) is 5. The van der Waals surface area contributed by atoms with Crippen molar-refractivity contribution in [3.8, 4) is 23.0 Å². The maximum absolute atomic E-state index is 13.2. The Kier molecular flexibility index (Phi) is 6.85. The highest BCUT2D eigenvalue weighted by Gasteiger charge is 2.33. The largest absolute Gasteiger partial charge is 0.493 e. The number of esters is 1. The summed E-state index contributed by atoms with van der Waals surface area (Å²) in [6.07, 6.45) is 0. The maximum atomic E-state index is 13.2. The van der Waals surface area contributed by atoms with Crippen molar-refractivity contribution in [1.29, 1.82) is 0 Å². The van der Waals surface area contributed by atoms with Crippen molar-refractivity contribution in [2.45, 2.75) is 26.2 Å². The van der Waals surface area contributed by atoms with Crippen LogP contribution in [0.3, 0.4) is 0 Å². The summed E-state index contributed by atoms with van der Waals surface area (Å²) < 4.78 is 27.8. The van der Waals surface area contributed by atoms with Gasteiger partial charge in [0.25, 0.3) is 0 Å². The van der Waals surface area contributed by atoms with Crippen molar-refractivity contribution in [3.63, 3.8) is 0 Å². The Labute approximate surface area is 213 Å². The van der Waals surface area contributed by atoms with Gasteiger partial charge in [0.05, 0.1) is 18.7 Å². The highest BCUT2D eigenvalue weighted by atomic mass is 16.7. The summed E-state index contributed by atoms with van der Waals surface area (Å²) in [5.41, 5.74) is 3.12. The van der Waals surface area contributed by atoms with Gasteiger partial charge in [0.2, 0.25) is 6.79 Å². The number of nitrogens with one attached hydrogen (secondary N) is 2. The van der Waals surface area contributed by atoms with Crippen LogP contribution in [0.5, 0.6) is 23.0 Å². The molecular formula is C28H26N2O7. The van der Waals surface area contributed by atoms with Crippen LogP contribution in [0, 0.1) is 0 Å². The monoisotopic (exact) mass is 502 g/mol. The molecule has 0 unspecified atom stereocenters. The van der Waals surface area contributed by atoms with Crippen molar-refractivity contribution < 1.29 is 33.3 Å². The molecule has 2 aliphatic heterocycles. The minimum Gasteiger partial charge on any atom is -0.493 e. The van der Waals surface area contributed by atoms with E-state index in [2.05, 4.69) is 10.6 Å². The number of hydrogen-bond donors (Lipinski definition) is 2. The molecule has 0 saturated heterocycles. The number of benzene rings is 3. The molecular weight excluding hydrogens is 476 g/mol. The smallest absolute Gasteiger partial charge is 0.338 e. The number of methoxy groups -OCH3 is 1. The Morgan fingerprint density at radius 1 is 0.946 bits per heavy atom. The van der Waals surface area contributed by atoms with Crippen LogP contribution >= 0.6 is 0 Å². The summed E-state index contributed by atoms with van der Waals surface area (Å²) in [7, 11) is 1.54. The first-order chi connectivity index (χ1) is 18.0. The second kappa shape index (κ2) is 10.5. The van der Waals surface area contributed by atoms with E-state index in [4.69, 9.17) is 23.7 Å². The molecule has 9 nitrogen and oxygen atoms in total. The number of rotatable bonds is 8. The van der Waals surface area contributed by atoms with Gasteiger partial charge in [0, 0.05) is 5.70 Å². The van der Waals surface area contributed by atoms with E-state index in [1.807, 2.05) is 30.3 Å². The van der Waals surface area contributed by atoms with E-state index in [-0.39, 0.29) is 13.4 Å². The summed E-state index contributed by atoms with van der Waals surface area (Å²) in [5.74, 6) is 1.72. The molecule has 0 aliphatic carbocycles. The van der Waals surface area contributed by atoms with Gasteiger partial charge in [-0.05, 0) is 47.9 Å². The molecule has 0 aromatic heterocycles. The molecule has 3 aromatic rings. The first kappa shape index (κ1) is 24.1. The quantitative estimate of drug-likeness (QED) is 0.441. The van der Waals surface area contributed by atoms with Gasteiger partial charge in [-0.25, -0.2) is 9.59 Å². The number of hydrogen-bond acceptors (Lipinski definition) is 7. The Balaban J connectivity index is 1.34. The Hall–Kier alpha value is -4.66. The summed E-state index contributed by atoms with van der Waals surface area (Å²) in [6, 6.07) is 19.3. The molecule has 0 bridgehead atoms. The standard InChI is InChI=1S/C28H26N2O7/c1-17-25(27(31)35-15-19-8-10-22-24(12-19)37-16-36-22)26(30-28(32)29-17)20-9-11-21(23(13-20)33-2)34-14-18-6-4-3-5-7-18/h3-13,26H,14-16H2,1-2H3,(H2,29,30,32)/t26-/m0/s1. The number of carbonyl (C=O) groups is 2. The number of fused-ring (bicyclic) bond motifs is 1. The molecule has 0 fully saturated rings. The highest BCUT2D eigenvalue weighted by molar-refractivity contribution is 5.95. The van der Waals surface area contributed by atoms with Crippen LogP contribution in [0.1, 0.15) is 29.7 Å². The van der Waals surface area contributed by atoms with Gasteiger partial charge >= 0.3 is 12.0 Å². The third-order valence-corrected chi connectivity index (χ3v) is 6.05. The van der Waals surface area contributed by atoms with Gasteiger partial charge in [-0.3, -0.25) is 0 Å². The first-order valence-electron chi connectivity index (χ1n) is 11.7. The average Bonchev–Trinajstić information content (AvgIpc) is 3.38. The predicted octanol–water partition coefficient (Wildman–Crippen LogP) is 4.37. The Morgan fingerprint density at radius 3 is 2.57 bits per heavy atom. The van der Waals surface area contributed by atoms with Crippen molar-refractivity contribution >= 4 is 12.0 Å². The molecule has 5 rings (SSSR count). The van der Waals surface area contributed by atoms with Gasteiger partial charge in [-0.2, -0.15) is 0 Å². The molecule has 0 saturated carbocycles. The zero-order valence-corrected chi connectivity index (χ0v) is 20.4. The van der Waals surface area contributed by atoms with Crippen LogP contribution in [-0.2, 0) is 22.7 Å². The second-order valence-corrected chi connectivity index (χ2v) is 8.52. The highest BCUT2D eigenvalue weighted by Crippen LogP contribution is 2.36. The number of amides is 2. The molecule has 2 heterocycles. The SMILES string of the molecule is COc1cc([C@@H]2NC(=O)NC(C)=C2C(=O)OCc2ccc3c(c2)OCO3)ccc1OCc1ccccc1. The lowest BCUT2D eigenvalue weighted by Gasteiger charge is -2.28. The molecule has 1 atom stereocenters. The molecule has 190 valence electrons. The van der Waals surface area contributed by atoms with Crippen LogP contribution in [0.4, 0.5) is 4.79 Å². The topological polar surface area (TPSA) is 104 Å². The lowest BCUT2D eigenvalue weighted by molar-refractivity contribution is -0.140. The van der Waals surface area contributed by atoms with Crippen LogP contribution in [0.15, 0.2) is 78.0 Å². The fourth-order valence-electron chi connectivity index (χ4n) is 4.19.